The van der Waals surface area contributed by atoms with Crippen molar-refractivity contribution in [2.24, 2.45) is 17.3 Å². The molecule has 4 fully saturated rings. The predicted molar refractivity (Wildman–Crippen MR) is 140 cm³/mol. The zero-order valence-corrected chi connectivity index (χ0v) is 21.1. The summed E-state index contributed by atoms with van der Waals surface area (Å²) in [5, 5.41) is 3.52. The number of para-hydroxylation sites is 2. The molecule has 1 heterocycles. The molecule has 178 valence electrons. The summed E-state index contributed by atoms with van der Waals surface area (Å²) in [6, 6.07) is 17.2. The van der Waals surface area contributed by atoms with Crippen molar-refractivity contribution < 1.29 is 4.79 Å². The Labute approximate surface area is 206 Å². The van der Waals surface area contributed by atoms with Crippen LogP contribution in [0.4, 0.5) is 0 Å². The lowest BCUT2D eigenvalue weighted by Gasteiger charge is -2.61. The number of rotatable bonds is 7. The minimum absolute atomic E-state index is 0.0734. The number of aromatic nitrogens is 2. The lowest BCUT2D eigenvalue weighted by Crippen LogP contribution is -2.59. The Hall–Kier alpha value is -2.27. The Balaban J connectivity index is 1.30. The number of hydrogen-bond acceptors (Lipinski definition) is 3. The van der Waals surface area contributed by atoms with E-state index in [9.17, 15) is 4.79 Å². The number of aromatic amines is 1. The van der Waals surface area contributed by atoms with Crippen molar-refractivity contribution in [2.45, 2.75) is 63.3 Å². The summed E-state index contributed by atoms with van der Waals surface area (Å²) in [5.74, 6) is 3.49. The molecule has 4 aliphatic carbocycles. The predicted octanol–water partition coefficient (Wildman–Crippen LogP) is 6.32. The third kappa shape index (κ3) is 3.77. The van der Waals surface area contributed by atoms with Gasteiger partial charge in [-0.3, -0.25) is 4.79 Å². The summed E-state index contributed by atoms with van der Waals surface area (Å²) in [6.45, 7) is 2.16. The number of carbonyl (C=O) groups excluding carboxylic acids is 1. The Kier molecular flexibility index (Phi) is 5.51. The topological polar surface area (TPSA) is 57.8 Å². The van der Waals surface area contributed by atoms with Gasteiger partial charge in [0.15, 0.2) is 0 Å². The number of fused-ring (bicyclic) bond motifs is 1. The molecule has 0 spiro atoms. The fourth-order valence-corrected chi connectivity index (χ4v) is 8.21. The van der Waals surface area contributed by atoms with Gasteiger partial charge in [-0.1, -0.05) is 42.0 Å². The van der Waals surface area contributed by atoms with Crippen LogP contribution in [0.25, 0.3) is 11.0 Å². The zero-order valence-electron chi connectivity index (χ0n) is 20.3. The van der Waals surface area contributed by atoms with Gasteiger partial charge in [-0.05, 0) is 98.8 Å². The molecule has 1 aromatic heterocycles. The van der Waals surface area contributed by atoms with Crippen LogP contribution in [0, 0.1) is 24.2 Å². The smallest absolute Gasteiger partial charge is 0.226 e. The van der Waals surface area contributed by atoms with Crippen LogP contribution in [0.1, 0.15) is 67.9 Å². The highest BCUT2D eigenvalue weighted by molar-refractivity contribution is 7.98. The standard InChI is InChI=1S/C29H35N3OS/c1-19-7-9-22(10-8-19)28-14-20-13-21(15-28)17-29(16-20,18-28)27(33)32-25(11-12-34-2)26-30-23-5-3-4-6-24(23)31-26/h3-10,20-21,25H,11-18H2,1-2H3,(H,30,31)(H,32,33)/t20?,21?,25-,28?,29?/m0/s1. The molecule has 0 saturated heterocycles. The number of hydrogen-bond donors (Lipinski definition) is 2. The molecule has 7 rings (SSSR count). The maximum Gasteiger partial charge on any atom is 0.226 e. The van der Waals surface area contributed by atoms with E-state index in [1.165, 1.54) is 30.4 Å². The van der Waals surface area contributed by atoms with Crippen LogP contribution in [0.3, 0.4) is 0 Å². The highest BCUT2D eigenvalue weighted by Gasteiger charge is 2.61. The van der Waals surface area contributed by atoms with Crippen LogP contribution in [0.15, 0.2) is 48.5 Å². The molecule has 5 heteroatoms. The van der Waals surface area contributed by atoms with Crippen LogP contribution >= 0.6 is 11.8 Å². The number of nitrogens with zero attached hydrogens (tertiary/aromatic N) is 1. The van der Waals surface area contributed by atoms with Gasteiger partial charge in [0, 0.05) is 0 Å². The summed E-state index contributed by atoms with van der Waals surface area (Å²) in [6.07, 6.45) is 9.93. The summed E-state index contributed by atoms with van der Waals surface area (Å²) in [4.78, 5) is 22.5. The van der Waals surface area contributed by atoms with Gasteiger partial charge in [0.1, 0.15) is 5.82 Å². The highest BCUT2D eigenvalue weighted by Crippen LogP contribution is 2.65. The first kappa shape index (κ1) is 22.2. The lowest BCUT2D eigenvalue weighted by atomic mass is 9.42. The van der Waals surface area contributed by atoms with Crippen molar-refractivity contribution in [2.75, 3.05) is 12.0 Å². The molecule has 4 nitrogen and oxygen atoms in total. The summed E-state index contributed by atoms with van der Waals surface area (Å²) < 4.78 is 0. The lowest BCUT2D eigenvalue weighted by molar-refractivity contribution is -0.150. The van der Waals surface area contributed by atoms with E-state index in [2.05, 4.69) is 53.8 Å². The largest absolute Gasteiger partial charge is 0.346 e. The van der Waals surface area contributed by atoms with Crippen LogP contribution in [-0.2, 0) is 10.2 Å². The molecule has 3 atom stereocenters. The number of nitrogens with one attached hydrogen (secondary N) is 2. The van der Waals surface area contributed by atoms with Gasteiger partial charge in [0.05, 0.1) is 22.5 Å². The first-order chi connectivity index (χ1) is 16.5. The number of amides is 1. The molecule has 4 bridgehead atoms. The van der Waals surface area contributed by atoms with Crippen molar-refractivity contribution in [1.29, 1.82) is 0 Å². The molecule has 3 aromatic rings. The fourth-order valence-electron chi connectivity index (χ4n) is 7.73. The van der Waals surface area contributed by atoms with E-state index in [0.29, 0.717) is 11.8 Å². The van der Waals surface area contributed by atoms with E-state index in [1.54, 1.807) is 0 Å². The highest BCUT2D eigenvalue weighted by atomic mass is 32.2. The van der Waals surface area contributed by atoms with Crippen LogP contribution in [0.5, 0.6) is 0 Å². The van der Waals surface area contributed by atoms with Gasteiger partial charge in [-0.25, -0.2) is 4.98 Å². The minimum atomic E-state index is -0.238. The van der Waals surface area contributed by atoms with Crippen molar-refractivity contribution in [3.05, 3.63) is 65.5 Å². The number of carbonyl (C=O) groups is 1. The van der Waals surface area contributed by atoms with Crippen LogP contribution in [0.2, 0.25) is 0 Å². The Morgan fingerprint density at radius 3 is 2.56 bits per heavy atom. The fraction of sp³-hybridized carbons (Fsp3) is 0.517. The van der Waals surface area contributed by atoms with Gasteiger partial charge in [-0.2, -0.15) is 11.8 Å². The maximum atomic E-state index is 14.1. The van der Waals surface area contributed by atoms with Gasteiger partial charge >= 0.3 is 0 Å². The molecule has 2 unspecified atom stereocenters. The van der Waals surface area contributed by atoms with Crippen LogP contribution in [-0.4, -0.2) is 27.9 Å². The Morgan fingerprint density at radius 1 is 1.12 bits per heavy atom. The summed E-state index contributed by atoms with van der Waals surface area (Å²) >= 11 is 1.82. The van der Waals surface area contributed by atoms with Crippen molar-refractivity contribution in [1.82, 2.24) is 15.3 Å². The molecular formula is C29H35N3OS. The molecule has 1 amide bonds. The monoisotopic (exact) mass is 473 g/mol. The molecule has 4 saturated carbocycles. The van der Waals surface area contributed by atoms with E-state index in [1.807, 2.05) is 30.0 Å². The quantitative estimate of drug-likeness (QED) is 0.422. The Morgan fingerprint density at radius 2 is 1.85 bits per heavy atom. The SMILES string of the molecule is CSCC[C@H](NC(=O)C12CC3CC(C1)CC(c1ccc(C)cc1)(C3)C2)c1nc2ccccc2[nH]1. The average molecular weight is 474 g/mol. The first-order valence-electron chi connectivity index (χ1n) is 12.8. The molecule has 0 aliphatic heterocycles. The maximum absolute atomic E-state index is 14.1. The molecule has 2 aromatic carbocycles. The second kappa shape index (κ2) is 8.44. The number of benzene rings is 2. The summed E-state index contributed by atoms with van der Waals surface area (Å²) in [7, 11) is 0. The third-order valence-corrected chi connectivity index (χ3v) is 9.50. The van der Waals surface area contributed by atoms with E-state index in [4.69, 9.17) is 4.98 Å². The second-order valence-electron chi connectivity index (χ2n) is 11.3. The van der Waals surface area contributed by atoms with Gasteiger partial charge in [-0.15, -0.1) is 0 Å². The molecule has 0 radical (unpaired) electrons. The van der Waals surface area contributed by atoms with Crippen molar-refractivity contribution >= 4 is 28.7 Å². The van der Waals surface area contributed by atoms with Crippen molar-refractivity contribution in [3.63, 3.8) is 0 Å². The number of aryl methyl sites for hydroxylation is 1. The zero-order chi connectivity index (χ0) is 23.3. The van der Waals surface area contributed by atoms with Crippen LogP contribution < -0.4 is 5.32 Å². The summed E-state index contributed by atoms with van der Waals surface area (Å²) in [5.41, 5.74) is 4.70. The average Bonchev–Trinajstić information content (AvgIpc) is 3.25. The molecule has 2 N–H and O–H groups in total. The molecule has 4 aliphatic rings. The van der Waals surface area contributed by atoms with Crippen molar-refractivity contribution in [3.8, 4) is 0 Å². The Bertz CT molecular complexity index is 1150. The van der Waals surface area contributed by atoms with E-state index in [-0.39, 0.29) is 22.8 Å². The van der Waals surface area contributed by atoms with Gasteiger partial charge < -0.3 is 10.3 Å². The number of H-pyrrole nitrogens is 1. The number of imidazole rings is 1. The van der Waals surface area contributed by atoms with Gasteiger partial charge in [0.25, 0.3) is 0 Å². The van der Waals surface area contributed by atoms with E-state index >= 15 is 0 Å². The number of thioether (sulfide) groups is 1. The van der Waals surface area contributed by atoms with E-state index < -0.39 is 0 Å². The normalized spacial score (nSPS) is 30.5. The van der Waals surface area contributed by atoms with Gasteiger partial charge in [0.2, 0.25) is 5.91 Å². The second-order valence-corrected chi connectivity index (χ2v) is 12.3. The first-order valence-corrected chi connectivity index (χ1v) is 14.2. The third-order valence-electron chi connectivity index (χ3n) is 8.86. The van der Waals surface area contributed by atoms with E-state index in [0.717, 1.165) is 48.3 Å². The molecule has 34 heavy (non-hydrogen) atoms. The minimum Gasteiger partial charge on any atom is -0.346 e. The molecular weight excluding hydrogens is 438 g/mol.